The zero-order chi connectivity index (χ0) is 21.6. The number of hydrogen-bond donors (Lipinski definition) is 0. The van der Waals surface area contributed by atoms with Gasteiger partial charge in [0.05, 0.1) is 11.5 Å². The first-order valence-corrected chi connectivity index (χ1v) is 11.0. The number of nitrogens with zero attached hydrogens (tertiary/aromatic N) is 3. The molecule has 0 bridgehead atoms. The van der Waals surface area contributed by atoms with Crippen LogP contribution < -0.4 is 4.90 Å². The van der Waals surface area contributed by atoms with Gasteiger partial charge in [-0.2, -0.15) is 5.26 Å². The molecule has 29 heavy (non-hydrogen) atoms. The van der Waals surface area contributed by atoms with E-state index >= 15 is 0 Å². The molecule has 0 saturated carbocycles. The van der Waals surface area contributed by atoms with Gasteiger partial charge in [-0.25, -0.2) is 13.2 Å². The third kappa shape index (κ3) is 6.06. The normalized spacial score (nSPS) is 18.0. The summed E-state index contributed by atoms with van der Waals surface area (Å²) < 4.78 is 28.3. The van der Waals surface area contributed by atoms with E-state index in [0.29, 0.717) is 18.5 Å². The second kappa shape index (κ2) is 9.56. The first-order chi connectivity index (χ1) is 13.7. The van der Waals surface area contributed by atoms with E-state index in [4.69, 9.17) is 4.74 Å². The Morgan fingerprint density at radius 1 is 1.28 bits per heavy atom. The summed E-state index contributed by atoms with van der Waals surface area (Å²) in [5.74, 6) is -1.40. The average Bonchev–Trinajstić information content (AvgIpc) is 3.04. The summed E-state index contributed by atoms with van der Waals surface area (Å²) in [5, 5.41) is 9.26. The molecule has 1 fully saturated rings. The van der Waals surface area contributed by atoms with E-state index in [1.165, 1.54) is 11.0 Å². The van der Waals surface area contributed by atoms with Crippen molar-refractivity contribution in [1.82, 2.24) is 4.90 Å². The van der Waals surface area contributed by atoms with Crippen LogP contribution in [-0.4, -0.2) is 70.0 Å². The number of amides is 1. The van der Waals surface area contributed by atoms with Crippen LogP contribution in [-0.2, 0) is 24.2 Å². The van der Waals surface area contributed by atoms with E-state index in [9.17, 15) is 23.3 Å². The Morgan fingerprint density at radius 3 is 2.41 bits per heavy atom. The third-order valence-electron chi connectivity index (χ3n) is 4.70. The molecular weight excluding hydrogens is 394 g/mol. The monoisotopic (exact) mass is 419 g/mol. The lowest BCUT2D eigenvalue weighted by molar-refractivity contribution is -0.149. The zero-order valence-corrected chi connectivity index (χ0v) is 17.6. The van der Waals surface area contributed by atoms with E-state index in [1.807, 2.05) is 31.1 Å². The predicted molar refractivity (Wildman–Crippen MR) is 110 cm³/mol. The Balaban J connectivity index is 2.00. The van der Waals surface area contributed by atoms with Crippen molar-refractivity contribution in [3.05, 3.63) is 35.4 Å². The molecular formula is C20H25N3O5S. The highest BCUT2D eigenvalue weighted by Crippen LogP contribution is 2.18. The minimum absolute atomic E-state index is 0.0508. The van der Waals surface area contributed by atoms with Crippen molar-refractivity contribution in [1.29, 1.82) is 5.26 Å². The van der Waals surface area contributed by atoms with Crippen molar-refractivity contribution in [2.45, 2.75) is 19.4 Å². The van der Waals surface area contributed by atoms with Gasteiger partial charge in [-0.1, -0.05) is 12.1 Å². The highest BCUT2D eigenvalue weighted by Gasteiger charge is 2.34. The Bertz CT molecular complexity index is 930. The number of rotatable bonds is 7. The van der Waals surface area contributed by atoms with Gasteiger partial charge in [0.25, 0.3) is 5.91 Å². The average molecular weight is 420 g/mol. The van der Waals surface area contributed by atoms with E-state index in [-0.39, 0.29) is 17.1 Å². The molecule has 9 heteroatoms. The summed E-state index contributed by atoms with van der Waals surface area (Å²) in [5.41, 5.74) is 1.41. The van der Waals surface area contributed by atoms with Crippen molar-refractivity contribution in [2.75, 3.05) is 43.7 Å². The number of nitriles is 1. The zero-order valence-electron chi connectivity index (χ0n) is 16.8. The van der Waals surface area contributed by atoms with Crippen molar-refractivity contribution in [2.24, 2.45) is 0 Å². The maximum Gasteiger partial charge on any atom is 0.349 e. The van der Waals surface area contributed by atoms with Crippen LogP contribution in [0.4, 0.5) is 5.69 Å². The number of carbonyl (C=O) groups is 2. The standard InChI is InChI=1S/C20H25N3O5S/c1-4-23(18-9-10-29(26,27)14-18)19(24)13-28-20(25)16(12-21)11-15-5-7-17(8-6-15)22(2)3/h5-8,11,18H,4,9-10,13-14H2,1-3H3/b16-11+/t18-/m0/s1. The Labute approximate surface area is 171 Å². The SMILES string of the molecule is CCN(C(=O)COC(=O)/C(C#N)=C/c1ccc(N(C)C)cc1)[C@H]1CCS(=O)(=O)C1. The van der Waals surface area contributed by atoms with Crippen LogP contribution in [0.1, 0.15) is 18.9 Å². The Kier molecular flexibility index (Phi) is 7.40. The topological polar surface area (TPSA) is 108 Å². The molecule has 0 aliphatic carbocycles. The minimum atomic E-state index is -3.13. The molecule has 156 valence electrons. The number of esters is 1. The lowest BCUT2D eigenvalue weighted by Crippen LogP contribution is -2.43. The Hall–Kier alpha value is -2.86. The second-order valence-electron chi connectivity index (χ2n) is 6.97. The Morgan fingerprint density at radius 2 is 1.93 bits per heavy atom. The maximum absolute atomic E-state index is 12.4. The lowest BCUT2D eigenvalue weighted by Gasteiger charge is -2.26. The van der Waals surface area contributed by atoms with Crippen LogP contribution in [0, 0.1) is 11.3 Å². The van der Waals surface area contributed by atoms with Gasteiger partial charge in [0.2, 0.25) is 0 Å². The molecule has 1 aromatic carbocycles. The number of likely N-dealkylation sites (N-methyl/N-ethyl adjacent to an activating group) is 1. The van der Waals surface area contributed by atoms with Gasteiger partial charge in [0.15, 0.2) is 16.4 Å². The predicted octanol–water partition coefficient (Wildman–Crippen LogP) is 1.24. The lowest BCUT2D eigenvalue weighted by atomic mass is 10.1. The first-order valence-electron chi connectivity index (χ1n) is 9.23. The fourth-order valence-corrected chi connectivity index (χ4v) is 4.85. The van der Waals surface area contributed by atoms with Crippen molar-refractivity contribution in [3.63, 3.8) is 0 Å². The molecule has 0 radical (unpaired) electrons. The second-order valence-corrected chi connectivity index (χ2v) is 9.20. The van der Waals surface area contributed by atoms with Gasteiger partial charge in [-0.15, -0.1) is 0 Å². The van der Waals surface area contributed by atoms with E-state index in [2.05, 4.69) is 0 Å². The number of ether oxygens (including phenoxy) is 1. The van der Waals surface area contributed by atoms with Gasteiger partial charge in [0, 0.05) is 32.4 Å². The van der Waals surface area contributed by atoms with Crippen LogP contribution >= 0.6 is 0 Å². The third-order valence-corrected chi connectivity index (χ3v) is 6.45. The summed E-state index contributed by atoms with van der Waals surface area (Å²) in [7, 11) is 0.674. The van der Waals surface area contributed by atoms with Crippen LogP contribution in [0.5, 0.6) is 0 Å². The van der Waals surface area contributed by atoms with E-state index in [1.54, 1.807) is 25.1 Å². The highest BCUT2D eigenvalue weighted by atomic mass is 32.2. The van der Waals surface area contributed by atoms with Crippen LogP contribution in [0.15, 0.2) is 29.8 Å². The molecule has 1 aliphatic rings. The number of carbonyl (C=O) groups excluding carboxylic acids is 2. The van der Waals surface area contributed by atoms with E-state index in [0.717, 1.165) is 5.69 Å². The van der Waals surface area contributed by atoms with Gasteiger partial charge in [-0.3, -0.25) is 4.79 Å². The van der Waals surface area contributed by atoms with Gasteiger partial charge >= 0.3 is 5.97 Å². The minimum Gasteiger partial charge on any atom is -0.451 e. The summed E-state index contributed by atoms with van der Waals surface area (Å²) in [4.78, 5) is 27.9. The summed E-state index contributed by atoms with van der Waals surface area (Å²) in [6, 6.07) is 8.63. The number of anilines is 1. The summed E-state index contributed by atoms with van der Waals surface area (Å²) in [6.45, 7) is 1.51. The van der Waals surface area contributed by atoms with E-state index < -0.39 is 34.4 Å². The smallest absolute Gasteiger partial charge is 0.349 e. The van der Waals surface area contributed by atoms with Crippen molar-refractivity contribution >= 4 is 33.5 Å². The van der Waals surface area contributed by atoms with Crippen LogP contribution in [0.2, 0.25) is 0 Å². The van der Waals surface area contributed by atoms with Crippen LogP contribution in [0.3, 0.4) is 0 Å². The van der Waals surface area contributed by atoms with Crippen molar-refractivity contribution < 1.29 is 22.7 Å². The first kappa shape index (κ1) is 22.4. The molecule has 1 atom stereocenters. The molecule has 1 aliphatic heterocycles. The molecule has 8 nitrogen and oxygen atoms in total. The molecule has 0 N–H and O–H groups in total. The van der Waals surface area contributed by atoms with Gasteiger partial charge in [-0.05, 0) is 37.1 Å². The van der Waals surface area contributed by atoms with Crippen molar-refractivity contribution in [3.8, 4) is 6.07 Å². The summed E-state index contributed by atoms with van der Waals surface area (Å²) >= 11 is 0. The number of hydrogen-bond acceptors (Lipinski definition) is 7. The molecule has 1 saturated heterocycles. The van der Waals surface area contributed by atoms with Crippen LogP contribution in [0.25, 0.3) is 6.08 Å². The fraction of sp³-hybridized carbons (Fsp3) is 0.450. The molecule has 1 amide bonds. The molecule has 0 spiro atoms. The quantitative estimate of drug-likeness (QED) is 0.372. The highest BCUT2D eigenvalue weighted by molar-refractivity contribution is 7.91. The molecule has 0 unspecified atom stereocenters. The largest absolute Gasteiger partial charge is 0.451 e. The van der Waals surface area contributed by atoms with Gasteiger partial charge < -0.3 is 14.5 Å². The number of benzene rings is 1. The maximum atomic E-state index is 12.4. The molecule has 0 aromatic heterocycles. The van der Waals surface area contributed by atoms with Gasteiger partial charge in [0.1, 0.15) is 11.6 Å². The molecule has 2 rings (SSSR count). The molecule has 1 heterocycles. The fourth-order valence-electron chi connectivity index (χ4n) is 3.12. The molecule has 1 aromatic rings. The number of sulfone groups is 1. The summed E-state index contributed by atoms with van der Waals surface area (Å²) in [6.07, 6.45) is 1.77.